The second-order valence-corrected chi connectivity index (χ2v) is 7.56. The van der Waals surface area contributed by atoms with E-state index in [9.17, 15) is 9.59 Å². The van der Waals surface area contributed by atoms with Crippen LogP contribution in [-0.2, 0) is 9.59 Å². The van der Waals surface area contributed by atoms with Crippen LogP contribution in [0.4, 0.5) is 0 Å². The van der Waals surface area contributed by atoms with Gasteiger partial charge in [0, 0.05) is 24.6 Å². The first-order valence-corrected chi connectivity index (χ1v) is 10.3. The molecule has 2 heterocycles. The lowest BCUT2D eigenvalue weighted by Gasteiger charge is -2.33. The number of carbonyl (C=O) groups excluding carboxylic acids is 2. The molecule has 4 rings (SSSR count). The highest BCUT2D eigenvalue weighted by Crippen LogP contribution is 2.28. The zero-order valence-corrected chi connectivity index (χ0v) is 17.1. The number of aliphatic imine (C=N–C) groups is 2. The van der Waals surface area contributed by atoms with Crippen molar-refractivity contribution in [3.8, 4) is 11.5 Å². The molecule has 0 aliphatic carbocycles. The number of hydrogen-bond donors (Lipinski definition) is 1. The number of ether oxygens (including phenoxy) is 1. The van der Waals surface area contributed by atoms with Gasteiger partial charge in [-0.1, -0.05) is 24.8 Å². The number of para-hydroxylation sites is 1. The van der Waals surface area contributed by atoms with Crippen LogP contribution in [0.1, 0.15) is 18.4 Å². The highest BCUT2D eigenvalue weighted by Gasteiger charge is 2.34. The molecule has 1 saturated heterocycles. The Morgan fingerprint density at radius 3 is 2.45 bits per heavy atom. The summed E-state index contributed by atoms with van der Waals surface area (Å²) < 4.78 is 5.82. The summed E-state index contributed by atoms with van der Waals surface area (Å²) in [5.74, 6) is 0.739. The number of nitrogens with two attached hydrogens (primary N) is 1. The van der Waals surface area contributed by atoms with E-state index in [-0.39, 0.29) is 17.5 Å². The van der Waals surface area contributed by atoms with Gasteiger partial charge >= 0.3 is 0 Å². The van der Waals surface area contributed by atoms with Gasteiger partial charge in [-0.05, 0) is 55.3 Å². The van der Waals surface area contributed by atoms with E-state index in [1.165, 1.54) is 6.08 Å². The van der Waals surface area contributed by atoms with E-state index >= 15 is 0 Å². The molecular weight excluding hydrogens is 392 g/mol. The average Bonchev–Trinajstić information content (AvgIpc) is 3.26. The van der Waals surface area contributed by atoms with Crippen LogP contribution in [0.15, 0.2) is 77.2 Å². The molecule has 1 unspecified atom stereocenters. The van der Waals surface area contributed by atoms with E-state index in [1.807, 2.05) is 54.6 Å². The molecule has 0 aromatic heterocycles. The first kappa shape index (κ1) is 20.5. The van der Waals surface area contributed by atoms with E-state index in [2.05, 4.69) is 11.6 Å². The van der Waals surface area contributed by atoms with Crippen molar-refractivity contribution in [2.45, 2.75) is 19.0 Å². The molecule has 2 aromatic rings. The minimum Gasteiger partial charge on any atom is -0.457 e. The third kappa shape index (κ3) is 4.55. The lowest BCUT2D eigenvalue weighted by atomic mass is 9.95. The molecule has 2 N–H and O–H groups in total. The van der Waals surface area contributed by atoms with Crippen molar-refractivity contribution >= 4 is 23.2 Å². The molecule has 31 heavy (non-hydrogen) atoms. The highest BCUT2D eigenvalue weighted by atomic mass is 16.5. The van der Waals surface area contributed by atoms with Crippen molar-refractivity contribution in [1.29, 1.82) is 0 Å². The van der Waals surface area contributed by atoms with Gasteiger partial charge in [-0.3, -0.25) is 19.6 Å². The number of primary amides is 1. The van der Waals surface area contributed by atoms with Crippen LogP contribution < -0.4 is 10.5 Å². The molecule has 0 bridgehead atoms. The normalized spacial score (nSPS) is 20.6. The first-order chi connectivity index (χ1) is 15.0. The Morgan fingerprint density at radius 1 is 1.06 bits per heavy atom. The number of hydrogen-bond acceptors (Lipinski definition) is 5. The van der Waals surface area contributed by atoms with Crippen LogP contribution in [0.25, 0.3) is 0 Å². The van der Waals surface area contributed by atoms with Crippen molar-refractivity contribution < 1.29 is 14.3 Å². The van der Waals surface area contributed by atoms with E-state index in [4.69, 9.17) is 15.5 Å². The number of nitrogens with zero attached hydrogens (tertiary/aromatic N) is 3. The number of carbonyl (C=O) groups is 2. The van der Waals surface area contributed by atoms with E-state index in [0.717, 1.165) is 24.2 Å². The quantitative estimate of drug-likeness (QED) is 0.733. The minimum absolute atomic E-state index is 0.0326. The molecular formula is C24H24N4O3. The molecule has 158 valence electrons. The summed E-state index contributed by atoms with van der Waals surface area (Å²) in [6, 6.07) is 16.8. The Morgan fingerprint density at radius 2 is 1.77 bits per heavy atom. The Bertz CT molecular complexity index is 1040. The molecule has 7 heteroatoms. The summed E-state index contributed by atoms with van der Waals surface area (Å²) in [7, 11) is 0. The number of piperidine rings is 1. The Balaban J connectivity index is 1.54. The summed E-state index contributed by atoms with van der Waals surface area (Å²) in [4.78, 5) is 35.0. The lowest BCUT2D eigenvalue weighted by Crippen LogP contribution is -2.41. The second-order valence-electron chi connectivity index (χ2n) is 7.56. The average molecular weight is 416 g/mol. The SMILES string of the molecule is C=CC(=O)N1CCC[C@@H](C2N=C(C(N)=O)C(c3ccc(Oc4ccccc4)cc3)=N2)C1. The fourth-order valence-electron chi connectivity index (χ4n) is 3.91. The van der Waals surface area contributed by atoms with Gasteiger partial charge in [-0.2, -0.15) is 0 Å². The lowest BCUT2D eigenvalue weighted by molar-refractivity contribution is -0.127. The maximum atomic E-state index is 12.0. The van der Waals surface area contributed by atoms with Crippen LogP contribution in [0.3, 0.4) is 0 Å². The van der Waals surface area contributed by atoms with Crippen molar-refractivity contribution in [2.75, 3.05) is 13.1 Å². The molecule has 0 spiro atoms. The van der Waals surface area contributed by atoms with Crippen LogP contribution >= 0.6 is 0 Å². The predicted molar refractivity (Wildman–Crippen MR) is 119 cm³/mol. The maximum Gasteiger partial charge on any atom is 0.269 e. The molecule has 7 nitrogen and oxygen atoms in total. The smallest absolute Gasteiger partial charge is 0.269 e. The van der Waals surface area contributed by atoms with Crippen LogP contribution in [0, 0.1) is 5.92 Å². The molecule has 0 saturated carbocycles. The van der Waals surface area contributed by atoms with Gasteiger partial charge in [0.05, 0.1) is 5.71 Å². The van der Waals surface area contributed by atoms with Gasteiger partial charge in [0.1, 0.15) is 17.7 Å². The topological polar surface area (TPSA) is 97.3 Å². The van der Waals surface area contributed by atoms with Crippen molar-refractivity contribution in [3.05, 3.63) is 72.8 Å². The first-order valence-electron chi connectivity index (χ1n) is 10.3. The van der Waals surface area contributed by atoms with E-state index in [1.54, 1.807) is 4.90 Å². The fourth-order valence-corrected chi connectivity index (χ4v) is 3.91. The fraction of sp³-hybridized carbons (Fsp3) is 0.250. The van der Waals surface area contributed by atoms with Crippen LogP contribution in [-0.4, -0.2) is 47.4 Å². The van der Waals surface area contributed by atoms with Gasteiger partial charge < -0.3 is 15.4 Å². The summed E-state index contributed by atoms with van der Waals surface area (Å²) in [5, 5.41) is 0. The van der Waals surface area contributed by atoms with Crippen molar-refractivity contribution in [2.24, 2.45) is 21.6 Å². The highest BCUT2D eigenvalue weighted by molar-refractivity contribution is 6.70. The Hall–Kier alpha value is -3.74. The summed E-state index contributed by atoms with van der Waals surface area (Å²) >= 11 is 0. The molecule has 2 aliphatic heterocycles. The van der Waals surface area contributed by atoms with E-state index in [0.29, 0.717) is 24.6 Å². The zero-order chi connectivity index (χ0) is 21.8. The van der Waals surface area contributed by atoms with Gasteiger partial charge in [0.2, 0.25) is 5.91 Å². The van der Waals surface area contributed by atoms with Gasteiger partial charge in [0.25, 0.3) is 5.91 Å². The summed E-state index contributed by atoms with van der Waals surface area (Å²) in [6.07, 6.45) is 2.63. The van der Waals surface area contributed by atoms with E-state index < -0.39 is 12.1 Å². The molecule has 2 amide bonds. The van der Waals surface area contributed by atoms with Crippen LogP contribution in [0.5, 0.6) is 11.5 Å². The molecule has 2 aliphatic rings. The number of amides is 2. The van der Waals surface area contributed by atoms with Crippen molar-refractivity contribution in [1.82, 2.24) is 4.90 Å². The monoisotopic (exact) mass is 416 g/mol. The third-order valence-corrected chi connectivity index (χ3v) is 5.45. The van der Waals surface area contributed by atoms with Gasteiger partial charge in [-0.25, -0.2) is 0 Å². The number of rotatable bonds is 6. The predicted octanol–water partition coefficient (Wildman–Crippen LogP) is 2.96. The maximum absolute atomic E-state index is 12.0. The number of benzene rings is 2. The van der Waals surface area contributed by atoms with Crippen LogP contribution in [0.2, 0.25) is 0 Å². The largest absolute Gasteiger partial charge is 0.457 e. The molecule has 1 fully saturated rings. The number of likely N-dealkylation sites (tertiary alicyclic amines) is 1. The van der Waals surface area contributed by atoms with Crippen molar-refractivity contribution in [3.63, 3.8) is 0 Å². The second kappa shape index (κ2) is 8.95. The molecule has 2 atom stereocenters. The molecule has 0 radical (unpaired) electrons. The molecule has 2 aromatic carbocycles. The van der Waals surface area contributed by atoms with Gasteiger partial charge in [-0.15, -0.1) is 0 Å². The minimum atomic E-state index is -0.610. The Kier molecular flexibility index (Phi) is 5.93. The zero-order valence-electron chi connectivity index (χ0n) is 17.1. The van der Waals surface area contributed by atoms with Gasteiger partial charge in [0.15, 0.2) is 5.71 Å². The summed E-state index contributed by atoms with van der Waals surface area (Å²) in [5.41, 5.74) is 7.00. The third-order valence-electron chi connectivity index (χ3n) is 5.45. The standard InChI is InChI=1S/C24H24N4O3/c1-2-20(29)28-14-6-7-17(15-28)24-26-21(22(27-24)23(25)30)16-10-12-19(13-11-16)31-18-8-4-3-5-9-18/h2-5,8-13,17,24H,1,6-7,14-15H2,(H2,25,30)/t17-,24?/m1/s1. The Labute approximate surface area is 180 Å². The summed E-state index contributed by atoms with van der Waals surface area (Å²) in [6.45, 7) is 4.79.